The van der Waals surface area contributed by atoms with Gasteiger partial charge in [0.1, 0.15) is 0 Å². The molecular weight excluding hydrogens is 255 g/mol. The molecule has 1 aromatic rings. The SMILES string of the molecule is CCC(CC)(CC)Nc1cc(OC(C)C)c(F)cc1N. The molecule has 114 valence electrons. The quantitative estimate of drug-likeness (QED) is 0.720. The molecule has 0 atom stereocenters. The van der Waals surface area contributed by atoms with E-state index in [1.807, 2.05) is 13.8 Å². The predicted molar refractivity (Wildman–Crippen MR) is 83.8 cm³/mol. The second kappa shape index (κ2) is 6.82. The summed E-state index contributed by atoms with van der Waals surface area (Å²) in [6, 6.07) is 2.99. The van der Waals surface area contributed by atoms with Crippen LogP contribution in [-0.4, -0.2) is 11.6 Å². The average Bonchev–Trinajstić information content (AvgIpc) is 2.40. The monoisotopic (exact) mass is 282 g/mol. The molecule has 0 saturated heterocycles. The molecule has 1 rings (SSSR count). The number of nitrogen functional groups attached to an aromatic ring is 1. The Kier molecular flexibility index (Phi) is 5.66. The van der Waals surface area contributed by atoms with E-state index in [0.717, 1.165) is 24.9 Å². The molecule has 0 saturated carbocycles. The minimum atomic E-state index is -0.420. The zero-order chi connectivity index (χ0) is 15.3. The summed E-state index contributed by atoms with van der Waals surface area (Å²) in [7, 11) is 0. The molecule has 0 aliphatic heterocycles. The first kappa shape index (κ1) is 16.6. The number of ether oxygens (including phenoxy) is 1. The lowest BCUT2D eigenvalue weighted by molar-refractivity contribution is 0.231. The number of hydrogen-bond acceptors (Lipinski definition) is 3. The summed E-state index contributed by atoms with van der Waals surface area (Å²) in [5.74, 6) is -0.175. The third-order valence-electron chi connectivity index (χ3n) is 3.90. The highest BCUT2D eigenvalue weighted by molar-refractivity contribution is 5.69. The predicted octanol–water partition coefficient (Wildman–Crippen LogP) is 4.58. The fraction of sp³-hybridized carbons (Fsp3) is 0.625. The Hall–Kier alpha value is -1.45. The molecule has 0 bridgehead atoms. The molecule has 0 heterocycles. The van der Waals surface area contributed by atoms with Gasteiger partial charge >= 0.3 is 0 Å². The molecule has 4 heteroatoms. The molecule has 0 spiro atoms. The molecule has 3 N–H and O–H groups in total. The number of nitrogens with two attached hydrogens (primary N) is 1. The third-order valence-corrected chi connectivity index (χ3v) is 3.90. The molecule has 0 radical (unpaired) electrons. The van der Waals surface area contributed by atoms with E-state index in [1.54, 1.807) is 6.07 Å². The number of anilines is 2. The van der Waals surface area contributed by atoms with Crippen molar-refractivity contribution in [1.82, 2.24) is 0 Å². The summed E-state index contributed by atoms with van der Waals surface area (Å²) in [6.07, 6.45) is 2.88. The van der Waals surface area contributed by atoms with Crippen LogP contribution in [0.3, 0.4) is 0 Å². The van der Waals surface area contributed by atoms with E-state index in [0.29, 0.717) is 5.69 Å². The van der Waals surface area contributed by atoms with Gasteiger partial charge in [0.15, 0.2) is 11.6 Å². The molecule has 0 fully saturated rings. The van der Waals surface area contributed by atoms with Crippen molar-refractivity contribution in [3.8, 4) is 5.75 Å². The molecule has 0 aliphatic carbocycles. The molecule has 0 amide bonds. The number of nitrogens with one attached hydrogen (secondary N) is 1. The third kappa shape index (κ3) is 3.78. The van der Waals surface area contributed by atoms with E-state index in [-0.39, 0.29) is 17.4 Å². The second-order valence-corrected chi connectivity index (χ2v) is 5.50. The highest BCUT2D eigenvalue weighted by Gasteiger charge is 2.25. The van der Waals surface area contributed by atoms with Crippen molar-refractivity contribution >= 4 is 11.4 Å². The second-order valence-electron chi connectivity index (χ2n) is 5.50. The first-order valence-electron chi connectivity index (χ1n) is 7.41. The van der Waals surface area contributed by atoms with Gasteiger partial charge in [0.25, 0.3) is 0 Å². The molecule has 1 aromatic carbocycles. The van der Waals surface area contributed by atoms with E-state index < -0.39 is 5.82 Å². The van der Waals surface area contributed by atoms with Crippen molar-refractivity contribution in [1.29, 1.82) is 0 Å². The summed E-state index contributed by atoms with van der Waals surface area (Å²) in [6.45, 7) is 10.2. The lowest BCUT2D eigenvalue weighted by Gasteiger charge is -2.33. The van der Waals surface area contributed by atoms with Gasteiger partial charge in [-0.25, -0.2) is 4.39 Å². The van der Waals surface area contributed by atoms with Crippen LogP contribution in [-0.2, 0) is 0 Å². The van der Waals surface area contributed by atoms with Crippen LogP contribution in [0, 0.1) is 5.82 Å². The van der Waals surface area contributed by atoms with Crippen molar-refractivity contribution in [2.45, 2.75) is 65.5 Å². The first-order valence-corrected chi connectivity index (χ1v) is 7.41. The van der Waals surface area contributed by atoms with Crippen LogP contribution >= 0.6 is 0 Å². The fourth-order valence-electron chi connectivity index (χ4n) is 2.32. The normalized spacial score (nSPS) is 11.8. The van der Waals surface area contributed by atoms with Crippen LogP contribution < -0.4 is 15.8 Å². The van der Waals surface area contributed by atoms with E-state index in [4.69, 9.17) is 10.5 Å². The van der Waals surface area contributed by atoms with Gasteiger partial charge in [0.2, 0.25) is 0 Å². The standard InChI is InChI=1S/C16H27FN2O/c1-6-16(7-2,8-3)19-14-10-15(20-11(4)5)12(17)9-13(14)18/h9-11,19H,6-8,18H2,1-5H3. The summed E-state index contributed by atoms with van der Waals surface area (Å²) >= 11 is 0. The van der Waals surface area contributed by atoms with Crippen LogP contribution in [0.4, 0.5) is 15.8 Å². The maximum atomic E-state index is 13.8. The van der Waals surface area contributed by atoms with Gasteiger partial charge in [-0.05, 0) is 33.1 Å². The first-order chi connectivity index (χ1) is 9.37. The molecule has 3 nitrogen and oxygen atoms in total. The van der Waals surface area contributed by atoms with Gasteiger partial charge in [-0.15, -0.1) is 0 Å². The van der Waals surface area contributed by atoms with Gasteiger partial charge in [0, 0.05) is 17.7 Å². The maximum absolute atomic E-state index is 13.8. The van der Waals surface area contributed by atoms with Crippen LogP contribution in [0.2, 0.25) is 0 Å². The highest BCUT2D eigenvalue weighted by atomic mass is 19.1. The molecule has 0 aromatic heterocycles. The minimum absolute atomic E-state index is 0.0128. The van der Waals surface area contributed by atoms with Gasteiger partial charge in [0.05, 0.1) is 17.5 Å². The Bertz CT molecular complexity index is 434. The van der Waals surface area contributed by atoms with Gasteiger partial charge in [-0.3, -0.25) is 0 Å². The van der Waals surface area contributed by atoms with Crippen LogP contribution in [0.1, 0.15) is 53.9 Å². The zero-order valence-electron chi connectivity index (χ0n) is 13.2. The van der Waals surface area contributed by atoms with Crippen molar-refractivity contribution in [2.75, 3.05) is 11.1 Å². The highest BCUT2D eigenvalue weighted by Crippen LogP contribution is 2.33. The zero-order valence-corrected chi connectivity index (χ0v) is 13.2. The van der Waals surface area contributed by atoms with Gasteiger partial charge < -0.3 is 15.8 Å². The Morgan fingerprint density at radius 1 is 1.20 bits per heavy atom. The largest absolute Gasteiger partial charge is 0.488 e. The lowest BCUT2D eigenvalue weighted by Crippen LogP contribution is -2.36. The summed E-state index contributed by atoms with van der Waals surface area (Å²) < 4.78 is 19.3. The number of benzene rings is 1. The van der Waals surface area contributed by atoms with Gasteiger partial charge in [-0.1, -0.05) is 20.8 Å². The minimum Gasteiger partial charge on any atom is -0.488 e. The van der Waals surface area contributed by atoms with Crippen molar-refractivity contribution in [3.63, 3.8) is 0 Å². The van der Waals surface area contributed by atoms with Crippen molar-refractivity contribution < 1.29 is 9.13 Å². The smallest absolute Gasteiger partial charge is 0.167 e. The van der Waals surface area contributed by atoms with Crippen molar-refractivity contribution in [2.24, 2.45) is 0 Å². The van der Waals surface area contributed by atoms with Crippen LogP contribution in [0.5, 0.6) is 5.75 Å². The Labute approximate surface area is 121 Å². The summed E-state index contributed by atoms with van der Waals surface area (Å²) in [5.41, 5.74) is 7.08. The van der Waals surface area contributed by atoms with Crippen LogP contribution in [0.15, 0.2) is 12.1 Å². The van der Waals surface area contributed by atoms with E-state index in [1.165, 1.54) is 6.07 Å². The van der Waals surface area contributed by atoms with E-state index >= 15 is 0 Å². The maximum Gasteiger partial charge on any atom is 0.167 e. The Balaban J connectivity index is 3.11. The molecule has 0 aliphatic rings. The average molecular weight is 282 g/mol. The van der Waals surface area contributed by atoms with Crippen molar-refractivity contribution in [3.05, 3.63) is 17.9 Å². The lowest BCUT2D eigenvalue weighted by atomic mass is 9.89. The fourth-order valence-corrected chi connectivity index (χ4v) is 2.32. The number of rotatable bonds is 7. The molecule has 0 unspecified atom stereocenters. The number of hydrogen-bond donors (Lipinski definition) is 2. The van der Waals surface area contributed by atoms with Gasteiger partial charge in [-0.2, -0.15) is 0 Å². The Morgan fingerprint density at radius 2 is 1.75 bits per heavy atom. The summed E-state index contributed by atoms with van der Waals surface area (Å²) in [4.78, 5) is 0. The Morgan fingerprint density at radius 3 is 2.20 bits per heavy atom. The number of halogens is 1. The molecule has 20 heavy (non-hydrogen) atoms. The summed E-state index contributed by atoms with van der Waals surface area (Å²) in [5, 5.41) is 3.48. The topological polar surface area (TPSA) is 47.3 Å². The van der Waals surface area contributed by atoms with E-state index in [2.05, 4.69) is 26.1 Å². The molecular formula is C16H27FN2O. The van der Waals surface area contributed by atoms with Crippen LogP contribution in [0.25, 0.3) is 0 Å². The van der Waals surface area contributed by atoms with E-state index in [9.17, 15) is 4.39 Å².